The monoisotopic (exact) mass is 317 g/mol. The van der Waals surface area contributed by atoms with Gasteiger partial charge in [-0.1, -0.05) is 5.16 Å². The Morgan fingerprint density at radius 2 is 2.19 bits per heavy atom. The van der Waals surface area contributed by atoms with E-state index in [2.05, 4.69) is 9.88 Å². The van der Waals surface area contributed by atoms with Gasteiger partial charge in [-0.15, -0.1) is 0 Å². The molecule has 2 rings (SSSR count). The Bertz CT molecular complexity index is 605. The smallest absolute Gasteiger partial charge is 0.322 e. The van der Waals surface area contributed by atoms with Gasteiger partial charge in [0, 0.05) is 18.7 Å². The Hall–Kier alpha value is -1.45. The molecule has 21 heavy (non-hydrogen) atoms. The molecule has 0 bridgehead atoms. The molecular weight excluding hydrogens is 298 g/mol. The molecule has 0 aromatic carbocycles. The molecule has 2 heterocycles. The summed E-state index contributed by atoms with van der Waals surface area (Å²) in [5.41, 5.74) is 1.28. The van der Waals surface area contributed by atoms with E-state index in [4.69, 9.17) is 9.63 Å². The fraction of sp³-hybridized carbons (Fsp3) is 0.667. The molecular formula is C12H19N3O5S. The standard InChI is InChI=1S/C12H19N3O5S/c1-8-10(9(2)20-14-8)7-13-21(18,19)15-6-4-3-5-11(15)12(16)17/h11,13H,3-7H2,1-2H3,(H,16,17). The zero-order chi connectivity index (χ0) is 15.6. The van der Waals surface area contributed by atoms with E-state index in [1.165, 1.54) is 0 Å². The summed E-state index contributed by atoms with van der Waals surface area (Å²) in [6.07, 6.45) is 1.71. The first-order valence-electron chi connectivity index (χ1n) is 6.74. The number of carbonyl (C=O) groups is 1. The summed E-state index contributed by atoms with van der Waals surface area (Å²) in [5, 5.41) is 12.9. The molecule has 0 saturated carbocycles. The number of aliphatic carboxylic acids is 1. The minimum absolute atomic E-state index is 0.0341. The van der Waals surface area contributed by atoms with Crippen LogP contribution >= 0.6 is 0 Å². The first-order valence-corrected chi connectivity index (χ1v) is 8.18. The van der Waals surface area contributed by atoms with Gasteiger partial charge < -0.3 is 9.63 Å². The van der Waals surface area contributed by atoms with Crippen LogP contribution in [0, 0.1) is 13.8 Å². The molecule has 0 aliphatic carbocycles. The average Bonchev–Trinajstić information content (AvgIpc) is 2.76. The number of nitrogens with one attached hydrogen (secondary N) is 1. The molecule has 1 fully saturated rings. The van der Waals surface area contributed by atoms with E-state index in [0.717, 1.165) is 4.31 Å². The van der Waals surface area contributed by atoms with Crippen LogP contribution in [-0.4, -0.2) is 41.5 Å². The molecule has 8 nitrogen and oxygen atoms in total. The van der Waals surface area contributed by atoms with Gasteiger partial charge in [0.2, 0.25) is 0 Å². The maximum atomic E-state index is 12.3. The molecule has 0 amide bonds. The van der Waals surface area contributed by atoms with Crippen molar-refractivity contribution in [2.45, 2.75) is 45.7 Å². The van der Waals surface area contributed by atoms with Gasteiger partial charge in [-0.3, -0.25) is 4.79 Å². The van der Waals surface area contributed by atoms with Crippen LogP contribution < -0.4 is 4.72 Å². The summed E-state index contributed by atoms with van der Waals surface area (Å²) < 4.78 is 33.1. The van der Waals surface area contributed by atoms with Crippen LogP contribution in [-0.2, 0) is 21.5 Å². The van der Waals surface area contributed by atoms with Crippen molar-refractivity contribution in [3.05, 3.63) is 17.0 Å². The summed E-state index contributed by atoms with van der Waals surface area (Å²) in [5.74, 6) is -0.568. The topological polar surface area (TPSA) is 113 Å². The predicted molar refractivity (Wildman–Crippen MR) is 73.7 cm³/mol. The third kappa shape index (κ3) is 3.42. The van der Waals surface area contributed by atoms with Crippen molar-refractivity contribution in [1.82, 2.24) is 14.2 Å². The van der Waals surface area contributed by atoms with Crippen molar-refractivity contribution in [3.63, 3.8) is 0 Å². The van der Waals surface area contributed by atoms with Gasteiger partial charge in [0.15, 0.2) is 0 Å². The van der Waals surface area contributed by atoms with Gasteiger partial charge in [0.25, 0.3) is 10.2 Å². The van der Waals surface area contributed by atoms with E-state index in [-0.39, 0.29) is 13.1 Å². The van der Waals surface area contributed by atoms with Gasteiger partial charge >= 0.3 is 5.97 Å². The van der Waals surface area contributed by atoms with Gasteiger partial charge in [-0.2, -0.15) is 17.4 Å². The average molecular weight is 317 g/mol. The van der Waals surface area contributed by atoms with E-state index in [1.807, 2.05) is 0 Å². The second-order valence-corrected chi connectivity index (χ2v) is 6.80. The van der Waals surface area contributed by atoms with Crippen LogP contribution in [0.5, 0.6) is 0 Å². The number of piperidine rings is 1. The predicted octanol–water partition coefficient (Wildman–Crippen LogP) is 0.565. The Balaban J connectivity index is 2.12. The van der Waals surface area contributed by atoms with E-state index in [0.29, 0.717) is 36.3 Å². The molecule has 2 N–H and O–H groups in total. The van der Waals surface area contributed by atoms with Crippen LogP contribution in [0.15, 0.2) is 4.52 Å². The van der Waals surface area contributed by atoms with Crippen molar-refractivity contribution in [2.75, 3.05) is 6.54 Å². The molecule has 1 saturated heterocycles. The van der Waals surface area contributed by atoms with Crippen LogP contribution in [0.2, 0.25) is 0 Å². The van der Waals surface area contributed by atoms with E-state index in [1.54, 1.807) is 13.8 Å². The number of nitrogens with zero attached hydrogens (tertiary/aromatic N) is 2. The third-order valence-electron chi connectivity index (χ3n) is 3.66. The highest BCUT2D eigenvalue weighted by atomic mass is 32.2. The molecule has 118 valence electrons. The second kappa shape index (κ2) is 6.12. The van der Waals surface area contributed by atoms with Gasteiger partial charge in [-0.25, -0.2) is 0 Å². The number of carboxylic acid groups (broad SMARTS) is 1. The number of carboxylic acids is 1. The van der Waals surface area contributed by atoms with Crippen LogP contribution in [0.3, 0.4) is 0 Å². The maximum Gasteiger partial charge on any atom is 0.322 e. The Morgan fingerprint density at radius 3 is 2.76 bits per heavy atom. The summed E-state index contributed by atoms with van der Waals surface area (Å²) >= 11 is 0. The minimum Gasteiger partial charge on any atom is -0.480 e. The van der Waals surface area contributed by atoms with Gasteiger partial charge in [0.1, 0.15) is 11.8 Å². The molecule has 0 radical (unpaired) electrons. The number of hydrogen-bond acceptors (Lipinski definition) is 5. The number of aryl methyl sites for hydroxylation is 2. The quantitative estimate of drug-likeness (QED) is 0.820. The van der Waals surface area contributed by atoms with Crippen LogP contribution in [0.25, 0.3) is 0 Å². The Kier molecular flexibility index (Phi) is 4.64. The molecule has 0 spiro atoms. The van der Waals surface area contributed by atoms with Crippen molar-refractivity contribution in [2.24, 2.45) is 0 Å². The van der Waals surface area contributed by atoms with Gasteiger partial charge in [-0.05, 0) is 33.1 Å². The summed E-state index contributed by atoms with van der Waals surface area (Å²) in [4.78, 5) is 11.2. The molecule has 9 heteroatoms. The fourth-order valence-electron chi connectivity index (χ4n) is 2.44. The third-order valence-corrected chi connectivity index (χ3v) is 5.22. The first kappa shape index (κ1) is 15.9. The molecule has 1 atom stereocenters. The zero-order valence-electron chi connectivity index (χ0n) is 12.0. The number of hydrogen-bond donors (Lipinski definition) is 2. The highest BCUT2D eigenvalue weighted by Crippen LogP contribution is 2.20. The molecule has 1 aliphatic rings. The summed E-state index contributed by atoms with van der Waals surface area (Å²) in [6.45, 7) is 3.67. The zero-order valence-corrected chi connectivity index (χ0v) is 12.8. The van der Waals surface area contributed by atoms with Crippen molar-refractivity contribution in [1.29, 1.82) is 0 Å². The molecule has 1 aromatic rings. The first-order chi connectivity index (χ1) is 9.83. The largest absolute Gasteiger partial charge is 0.480 e. The van der Waals surface area contributed by atoms with Crippen molar-refractivity contribution >= 4 is 16.2 Å². The van der Waals surface area contributed by atoms with E-state index >= 15 is 0 Å². The Morgan fingerprint density at radius 1 is 1.48 bits per heavy atom. The normalized spacial score (nSPS) is 20.6. The summed E-state index contributed by atoms with van der Waals surface area (Å²) in [7, 11) is -3.85. The lowest BCUT2D eigenvalue weighted by Gasteiger charge is -2.31. The molecule has 1 unspecified atom stereocenters. The summed E-state index contributed by atoms with van der Waals surface area (Å²) in [6, 6.07) is -0.999. The van der Waals surface area contributed by atoms with Gasteiger partial charge in [0.05, 0.1) is 5.69 Å². The highest BCUT2D eigenvalue weighted by molar-refractivity contribution is 7.87. The lowest BCUT2D eigenvalue weighted by molar-refractivity contribution is -0.142. The van der Waals surface area contributed by atoms with Crippen LogP contribution in [0.4, 0.5) is 0 Å². The Labute approximate surface area is 123 Å². The SMILES string of the molecule is Cc1noc(C)c1CNS(=O)(=O)N1CCCCC1C(=O)O. The van der Waals surface area contributed by atoms with E-state index in [9.17, 15) is 13.2 Å². The lowest BCUT2D eigenvalue weighted by atomic mass is 10.1. The molecule has 1 aromatic heterocycles. The van der Waals surface area contributed by atoms with Crippen molar-refractivity contribution in [3.8, 4) is 0 Å². The van der Waals surface area contributed by atoms with Crippen molar-refractivity contribution < 1.29 is 22.8 Å². The second-order valence-electron chi connectivity index (χ2n) is 5.09. The minimum atomic E-state index is -3.85. The number of aromatic nitrogens is 1. The van der Waals surface area contributed by atoms with Crippen LogP contribution in [0.1, 0.15) is 36.3 Å². The molecule has 1 aliphatic heterocycles. The lowest BCUT2D eigenvalue weighted by Crippen LogP contribution is -2.51. The fourth-order valence-corrected chi connectivity index (χ4v) is 3.83. The maximum absolute atomic E-state index is 12.3. The van der Waals surface area contributed by atoms with E-state index < -0.39 is 22.2 Å². The highest BCUT2D eigenvalue weighted by Gasteiger charge is 2.36. The number of rotatable bonds is 5.